The van der Waals surface area contributed by atoms with E-state index < -0.39 is 17.7 Å². The first-order valence-corrected chi connectivity index (χ1v) is 12.7. The minimum Gasteiger partial charge on any atom is -0.484 e. The number of hydrogen-bond donors (Lipinski definition) is 0. The lowest BCUT2D eigenvalue weighted by atomic mass is 10.2. The average Bonchev–Trinajstić information content (AvgIpc) is 3.28. The number of rotatable bonds is 8. The van der Waals surface area contributed by atoms with Crippen LogP contribution in [0.2, 0.25) is 0 Å². The van der Waals surface area contributed by atoms with Crippen LogP contribution in [0.15, 0.2) is 66.9 Å². The largest absolute Gasteiger partial charge is 0.484 e. The van der Waals surface area contributed by atoms with Crippen molar-refractivity contribution in [3.63, 3.8) is 0 Å². The van der Waals surface area contributed by atoms with Gasteiger partial charge in [0.05, 0.1) is 4.92 Å². The van der Waals surface area contributed by atoms with Gasteiger partial charge in [0.2, 0.25) is 5.88 Å². The third kappa shape index (κ3) is 6.74. The zero-order chi connectivity index (χ0) is 29.1. The van der Waals surface area contributed by atoms with E-state index in [0.29, 0.717) is 44.2 Å². The second-order valence-electron chi connectivity index (χ2n) is 9.64. The number of nitrogens with zero attached hydrogens (tertiary/aromatic N) is 5. The van der Waals surface area contributed by atoms with Gasteiger partial charge in [0.1, 0.15) is 23.4 Å². The number of benzene rings is 2. The molecule has 1 aliphatic rings. The molecule has 0 radical (unpaired) electrons. The molecule has 4 aromatic rings. The fourth-order valence-electron chi connectivity index (χ4n) is 4.64. The Labute approximate surface area is 232 Å². The van der Waals surface area contributed by atoms with Crippen molar-refractivity contribution >= 4 is 22.5 Å². The molecule has 41 heavy (non-hydrogen) atoms. The summed E-state index contributed by atoms with van der Waals surface area (Å²) in [5, 5.41) is 11.6. The topological polar surface area (TPSA) is 103 Å². The quantitative estimate of drug-likeness (QED) is 0.213. The van der Waals surface area contributed by atoms with Crippen LogP contribution in [-0.4, -0.2) is 69.1 Å². The number of hydrogen-bond acceptors (Lipinski definition) is 7. The normalized spacial score (nSPS) is 14.3. The standard InChI is InChI=1S/C28H26F3N5O5/c1-33-24-8-7-23(41-26-9-4-21(16-32-26)36(38)39)14-20(24)15-25(33)27(37)35-12-10-34(11-13-35)17-19-2-5-22(6-3-19)40-18-28(29,30)31/h2-9,14-16H,10-13,17-18H2,1H3. The minimum absolute atomic E-state index is 0.0889. The number of halogens is 3. The molecule has 0 saturated carbocycles. The van der Waals surface area contributed by atoms with Gasteiger partial charge >= 0.3 is 6.18 Å². The van der Waals surface area contributed by atoms with E-state index in [0.717, 1.165) is 22.7 Å². The Bertz CT molecular complexity index is 1550. The number of aryl methyl sites for hydroxylation is 1. The maximum absolute atomic E-state index is 13.4. The number of pyridine rings is 1. The molecule has 5 rings (SSSR count). The summed E-state index contributed by atoms with van der Waals surface area (Å²) >= 11 is 0. The predicted molar refractivity (Wildman–Crippen MR) is 143 cm³/mol. The van der Waals surface area contributed by atoms with Crippen LogP contribution < -0.4 is 9.47 Å². The van der Waals surface area contributed by atoms with Crippen LogP contribution in [0, 0.1) is 10.1 Å². The molecule has 0 atom stereocenters. The van der Waals surface area contributed by atoms with Gasteiger partial charge in [-0.1, -0.05) is 12.1 Å². The van der Waals surface area contributed by atoms with Gasteiger partial charge in [0.25, 0.3) is 11.6 Å². The van der Waals surface area contributed by atoms with Gasteiger partial charge in [0, 0.05) is 62.8 Å². The van der Waals surface area contributed by atoms with E-state index >= 15 is 0 Å². The maximum atomic E-state index is 13.4. The number of fused-ring (bicyclic) bond motifs is 1. The first kappa shape index (κ1) is 27.9. The Hall–Kier alpha value is -4.65. The summed E-state index contributed by atoms with van der Waals surface area (Å²) in [6, 6.07) is 16.5. The molecule has 1 aliphatic heterocycles. The third-order valence-corrected chi connectivity index (χ3v) is 6.78. The van der Waals surface area contributed by atoms with Gasteiger partial charge in [-0.25, -0.2) is 4.98 Å². The van der Waals surface area contributed by atoms with Crippen molar-refractivity contribution in [1.29, 1.82) is 0 Å². The number of alkyl halides is 3. The molecular weight excluding hydrogens is 543 g/mol. The minimum atomic E-state index is -4.38. The van der Waals surface area contributed by atoms with Crippen LogP contribution >= 0.6 is 0 Å². The third-order valence-electron chi connectivity index (χ3n) is 6.78. The molecule has 0 bridgehead atoms. The number of amides is 1. The highest BCUT2D eigenvalue weighted by atomic mass is 19.4. The second kappa shape index (κ2) is 11.5. The van der Waals surface area contributed by atoms with Crippen molar-refractivity contribution in [2.24, 2.45) is 7.05 Å². The maximum Gasteiger partial charge on any atom is 0.422 e. The molecule has 3 heterocycles. The highest BCUT2D eigenvalue weighted by Crippen LogP contribution is 2.28. The highest BCUT2D eigenvalue weighted by Gasteiger charge is 2.28. The Kier molecular flexibility index (Phi) is 7.79. The summed E-state index contributed by atoms with van der Waals surface area (Å²) in [6.07, 6.45) is -3.26. The molecule has 10 nitrogen and oxygen atoms in total. The van der Waals surface area contributed by atoms with E-state index in [4.69, 9.17) is 9.47 Å². The molecule has 1 amide bonds. The Morgan fingerprint density at radius 1 is 1.00 bits per heavy atom. The molecular formula is C28H26F3N5O5. The predicted octanol–water partition coefficient (Wildman–Crippen LogP) is 5.17. The Balaban J connectivity index is 1.18. The molecule has 2 aromatic carbocycles. The van der Waals surface area contributed by atoms with E-state index in [-0.39, 0.29) is 23.2 Å². The van der Waals surface area contributed by atoms with E-state index in [1.54, 1.807) is 29.2 Å². The van der Waals surface area contributed by atoms with Gasteiger partial charge in [-0.15, -0.1) is 0 Å². The van der Waals surface area contributed by atoms with E-state index in [2.05, 4.69) is 9.88 Å². The lowest BCUT2D eigenvalue weighted by Crippen LogP contribution is -2.48. The summed E-state index contributed by atoms with van der Waals surface area (Å²) in [5.41, 5.74) is 2.19. The van der Waals surface area contributed by atoms with Crippen LogP contribution in [0.1, 0.15) is 16.1 Å². The number of piperazine rings is 1. The zero-order valence-corrected chi connectivity index (χ0v) is 22.0. The summed E-state index contributed by atoms with van der Waals surface area (Å²) in [5.74, 6) is 0.773. The van der Waals surface area contributed by atoms with Crippen molar-refractivity contribution in [3.8, 4) is 17.4 Å². The lowest BCUT2D eigenvalue weighted by Gasteiger charge is -2.34. The van der Waals surface area contributed by atoms with E-state index in [1.165, 1.54) is 24.3 Å². The van der Waals surface area contributed by atoms with Crippen molar-refractivity contribution in [2.45, 2.75) is 12.7 Å². The summed E-state index contributed by atoms with van der Waals surface area (Å²) in [6.45, 7) is 1.67. The molecule has 0 aliphatic carbocycles. The second-order valence-corrected chi connectivity index (χ2v) is 9.64. The molecule has 0 N–H and O–H groups in total. The van der Waals surface area contributed by atoms with Crippen LogP contribution in [0.4, 0.5) is 18.9 Å². The van der Waals surface area contributed by atoms with Gasteiger partial charge in [-0.2, -0.15) is 13.2 Å². The van der Waals surface area contributed by atoms with Crippen molar-refractivity contribution in [2.75, 3.05) is 32.8 Å². The van der Waals surface area contributed by atoms with Gasteiger partial charge in [0.15, 0.2) is 6.61 Å². The van der Waals surface area contributed by atoms with E-state index in [1.807, 2.05) is 23.7 Å². The molecule has 0 unspecified atom stereocenters. The smallest absolute Gasteiger partial charge is 0.422 e. The summed E-state index contributed by atoms with van der Waals surface area (Å²) in [4.78, 5) is 31.6. The van der Waals surface area contributed by atoms with Gasteiger partial charge < -0.3 is 18.9 Å². The number of ether oxygens (including phenoxy) is 2. The number of carbonyl (C=O) groups excluding carboxylic acids is 1. The fourth-order valence-corrected chi connectivity index (χ4v) is 4.64. The lowest BCUT2D eigenvalue weighted by molar-refractivity contribution is -0.385. The number of carbonyl (C=O) groups is 1. The first-order valence-electron chi connectivity index (χ1n) is 12.7. The highest BCUT2D eigenvalue weighted by molar-refractivity contribution is 5.99. The molecule has 13 heteroatoms. The van der Waals surface area contributed by atoms with Gasteiger partial charge in [-0.3, -0.25) is 19.8 Å². The van der Waals surface area contributed by atoms with Crippen LogP contribution in [0.25, 0.3) is 10.9 Å². The van der Waals surface area contributed by atoms with Crippen molar-refractivity contribution in [3.05, 3.63) is 88.2 Å². The SMILES string of the molecule is Cn1c(C(=O)N2CCN(Cc3ccc(OCC(F)(F)F)cc3)CC2)cc2cc(Oc3ccc([N+](=O)[O-])cn3)ccc21. The number of aromatic nitrogens is 2. The molecule has 1 saturated heterocycles. The Morgan fingerprint density at radius 2 is 1.71 bits per heavy atom. The van der Waals surface area contributed by atoms with Crippen molar-refractivity contribution < 1.29 is 32.4 Å². The average molecular weight is 570 g/mol. The van der Waals surface area contributed by atoms with Crippen LogP contribution in [0.3, 0.4) is 0 Å². The van der Waals surface area contributed by atoms with Crippen LogP contribution in [0.5, 0.6) is 17.4 Å². The molecule has 2 aromatic heterocycles. The molecule has 0 spiro atoms. The van der Waals surface area contributed by atoms with Gasteiger partial charge in [-0.05, 0) is 42.0 Å². The first-order chi connectivity index (χ1) is 19.6. The number of nitro groups is 1. The fraction of sp³-hybridized carbons (Fsp3) is 0.286. The van der Waals surface area contributed by atoms with E-state index in [9.17, 15) is 28.1 Å². The zero-order valence-electron chi connectivity index (χ0n) is 22.0. The molecule has 1 fully saturated rings. The molecule has 214 valence electrons. The summed E-state index contributed by atoms with van der Waals surface area (Å²) < 4.78 is 49.3. The van der Waals surface area contributed by atoms with Crippen LogP contribution in [-0.2, 0) is 13.6 Å². The van der Waals surface area contributed by atoms with Crippen molar-refractivity contribution in [1.82, 2.24) is 19.4 Å². The summed E-state index contributed by atoms with van der Waals surface area (Å²) in [7, 11) is 1.83. The monoisotopic (exact) mass is 569 g/mol. The Morgan fingerprint density at radius 3 is 2.34 bits per heavy atom.